The molecule has 6 heteroatoms. The van der Waals surface area contributed by atoms with Crippen LogP contribution < -0.4 is 10.4 Å². The van der Waals surface area contributed by atoms with Gasteiger partial charge in [-0.15, -0.1) is 0 Å². The summed E-state index contributed by atoms with van der Waals surface area (Å²) in [6.07, 6.45) is 0. The van der Waals surface area contributed by atoms with Gasteiger partial charge in [0.1, 0.15) is 11.4 Å². The third-order valence-electron chi connectivity index (χ3n) is 6.27. The zero-order valence-electron chi connectivity index (χ0n) is 17.6. The second-order valence-electron chi connectivity index (χ2n) is 8.72. The van der Waals surface area contributed by atoms with Crippen molar-refractivity contribution in [2.24, 2.45) is 0 Å². The van der Waals surface area contributed by atoms with Crippen LogP contribution in [0.15, 0.2) is 82.6 Å². The molecule has 0 bridgehead atoms. The molecule has 0 amide bonds. The van der Waals surface area contributed by atoms with Gasteiger partial charge in [0.15, 0.2) is 9.79 Å². The van der Waals surface area contributed by atoms with Crippen LogP contribution in [-0.4, -0.2) is 22.9 Å². The highest BCUT2D eigenvalue weighted by Gasteiger charge is 2.52. The fraction of sp³-hybridized carbons (Fsp3) is 0.250. The van der Waals surface area contributed by atoms with Crippen LogP contribution in [-0.2, 0) is 20.5 Å². The van der Waals surface area contributed by atoms with Gasteiger partial charge in [-0.2, -0.15) is 0 Å². The molecule has 1 atom stereocenters. The molecule has 0 N–H and O–H groups in total. The number of benzene rings is 3. The molecule has 3 aromatic rings. The van der Waals surface area contributed by atoms with E-state index < -0.39 is 29.5 Å². The summed E-state index contributed by atoms with van der Waals surface area (Å²) in [5, 5.41) is 0. The third-order valence-corrected chi connectivity index (χ3v) is 7.74. The van der Waals surface area contributed by atoms with Gasteiger partial charge in [0.2, 0.25) is 0 Å². The zero-order valence-corrected chi connectivity index (χ0v) is 18.4. The van der Waals surface area contributed by atoms with Gasteiger partial charge in [0.05, 0.1) is 11.2 Å². The highest BCUT2D eigenvalue weighted by Crippen LogP contribution is 2.47. The minimum atomic E-state index is -1.29. The van der Waals surface area contributed by atoms with Gasteiger partial charge in [0.25, 0.3) is 0 Å². The molecule has 30 heavy (non-hydrogen) atoms. The number of anilines is 3. The molecule has 152 valence electrons. The molecule has 0 radical (unpaired) electrons. The average molecular weight is 417 g/mol. The van der Waals surface area contributed by atoms with E-state index >= 15 is 0 Å². The number of fused-ring (bicyclic) bond motifs is 2. The van der Waals surface area contributed by atoms with Crippen LogP contribution in [0.25, 0.3) is 0 Å². The Bertz CT molecular complexity index is 1090. The summed E-state index contributed by atoms with van der Waals surface area (Å²) in [5.41, 5.74) is 2.93. The lowest BCUT2D eigenvalue weighted by atomic mass is 9.79. The number of para-hydroxylation sites is 2. The molecule has 0 aliphatic carbocycles. The van der Waals surface area contributed by atoms with E-state index in [1.165, 1.54) is 0 Å². The first-order valence-corrected chi connectivity index (χ1v) is 11.3. The minimum Gasteiger partial charge on any atom is -0.606 e. The van der Waals surface area contributed by atoms with Gasteiger partial charge in [-0.3, -0.25) is 0 Å². The lowest BCUT2D eigenvalue weighted by Gasteiger charge is -2.33. The second-order valence-corrected chi connectivity index (χ2v) is 10.1. The summed E-state index contributed by atoms with van der Waals surface area (Å²) >= 11 is -1.29. The van der Waals surface area contributed by atoms with Gasteiger partial charge < -0.3 is 18.8 Å². The molecule has 0 spiro atoms. The molecule has 5 rings (SSSR count). The largest absolute Gasteiger partial charge is 0.606 e. The van der Waals surface area contributed by atoms with E-state index in [2.05, 4.69) is 17.0 Å². The Morgan fingerprint density at radius 1 is 0.767 bits per heavy atom. The Balaban J connectivity index is 1.63. The smallest absolute Gasteiger partial charge is 0.495 e. The van der Waals surface area contributed by atoms with E-state index in [-0.39, 0.29) is 0 Å². The lowest BCUT2D eigenvalue weighted by Crippen LogP contribution is -2.41. The third kappa shape index (κ3) is 2.98. The number of hydrogen-bond acceptors (Lipinski definition) is 4. The van der Waals surface area contributed by atoms with E-state index in [9.17, 15) is 4.55 Å². The van der Waals surface area contributed by atoms with Gasteiger partial charge in [-0.25, -0.2) is 0 Å². The van der Waals surface area contributed by atoms with Crippen LogP contribution in [0, 0.1) is 0 Å². The van der Waals surface area contributed by atoms with Gasteiger partial charge >= 0.3 is 7.12 Å². The van der Waals surface area contributed by atoms with Crippen LogP contribution in [0.2, 0.25) is 0 Å². The van der Waals surface area contributed by atoms with E-state index in [4.69, 9.17) is 9.31 Å². The molecule has 0 aromatic heterocycles. The maximum absolute atomic E-state index is 13.5. The van der Waals surface area contributed by atoms with E-state index in [1.54, 1.807) is 0 Å². The first-order chi connectivity index (χ1) is 14.3. The SMILES string of the molecule is CC1(C)OB(c2ccc3c(c2)[S+]([O-])c2ccccc2N3c2ccccc2)OC1(C)C. The first-order valence-electron chi connectivity index (χ1n) is 10.1. The Kier molecular flexibility index (Phi) is 4.52. The maximum atomic E-state index is 13.5. The summed E-state index contributed by atoms with van der Waals surface area (Å²) in [6, 6.07) is 24.0. The summed E-state index contributed by atoms with van der Waals surface area (Å²) in [6.45, 7) is 8.15. The summed E-state index contributed by atoms with van der Waals surface area (Å²) in [7, 11) is -0.486. The monoisotopic (exact) mass is 417 g/mol. The van der Waals surface area contributed by atoms with E-state index in [0.29, 0.717) is 0 Å². The van der Waals surface area contributed by atoms with Crippen LogP contribution in [0.4, 0.5) is 17.1 Å². The van der Waals surface area contributed by atoms with Crippen LogP contribution in [0.1, 0.15) is 27.7 Å². The molecule has 2 aliphatic heterocycles. The second kappa shape index (κ2) is 6.89. The Labute approximate surface area is 181 Å². The van der Waals surface area contributed by atoms with Crippen LogP contribution in [0.5, 0.6) is 0 Å². The maximum Gasteiger partial charge on any atom is 0.495 e. The van der Waals surface area contributed by atoms with Crippen molar-refractivity contribution < 1.29 is 13.9 Å². The predicted molar refractivity (Wildman–Crippen MR) is 122 cm³/mol. The quantitative estimate of drug-likeness (QED) is 0.438. The van der Waals surface area contributed by atoms with E-state index in [1.807, 2.05) is 88.4 Å². The average Bonchev–Trinajstić information content (AvgIpc) is 2.96. The number of rotatable bonds is 2. The zero-order chi connectivity index (χ0) is 21.1. The summed E-state index contributed by atoms with van der Waals surface area (Å²) in [4.78, 5) is 3.74. The van der Waals surface area contributed by atoms with Crippen molar-refractivity contribution in [2.75, 3.05) is 4.90 Å². The summed E-state index contributed by atoms with van der Waals surface area (Å²) in [5.74, 6) is 0. The molecule has 2 heterocycles. The molecule has 1 fully saturated rings. The van der Waals surface area contributed by atoms with Gasteiger partial charge in [-0.05, 0) is 69.6 Å². The van der Waals surface area contributed by atoms with Crippen molar-refractivity contribution in [3.63, 3.8) is 0 Å². The van der Waals surface area contributed by atoms with Crippen molar-refractivity contribution in [3.05, 3.63) is 72.8 Å². The lowest BCUT2D eigenvalue weighted by molar-refractivity contribution is 0.00578. The molecule has 2 aliphatic rings. The van der Waals surface area contributed by atoms with Crippen molar-refractivity contribution >= 4 is 40.8 Å². The Morgan fingerprint density at radius 3 is 2.07 bits per heavy atom. The molecule has 1 saturated heterocycles. The molecular formula is C24H24BNO3S. The molecule has 1 unspecified atom stereocenters. The van der Waals surface area contributed by atoms with Crippen molar-refractivity contribution in [1.29, 1.82) is 0 Å². The molecule has 0 saturated carbocycles. The molecular weight excluding hydrogens is 393 g/mol. The van der Waals surface area contributed by atoms with Crippen molar-refractivity contribution in [3.8, 4) is 0 Å². The highest BCUT2D eigenvalue weighted by molar-refractivity contribution is 7.92. The summed E-state index contributed by atoms with van der Waals surface area (Å²) < 4.78 is 26.0. The van der Waals surface area contributed by atoms with Gasteiger partial charge in [-0.1, -0.05) is 36.4 Å². The van der Waals surface area contributed by atoms with Crippen molar-refractivity contribution in [2.45, 2.75) is 48.7 Å². The Hall–Kier alpha value is -2.25. The minimum absolute atomic E-state index is 0.421. The normalized spacial score (nSPS) is 21.3. The topological polar surface area (TPSA) is 44.8 Å². The van der Waals surface area contributed by atoms with Crippen molar-refractivity contribution in [1.82, 2.24) is 0 Å². The van der Waals surface area contributed by atoms with E-state index in [0.717, 1.165) is 32.3 Å². The van der Waals surface area contributed by atoms with Crippen LogP contribution in [0.3, 0.4) is 0 Å². The standard InChI is InChI=1S/C24H24BNO3S/c1-23(2)24(3,4)29-25(28-23)17-14-15-20-22(16-17)30(27)21-13-9-8-12-19(21)26(20)18-10-6-5-7-11-18/h5-16H,1-4H3. The highest BCUT2D eigenvalue weighted by atomic mass is 32.2. The molecule has 3 aromatic carbocycles. The predicted octanol–water partition coefficient (Wildman–Crippen LogP) is 4.94. The first kappa shape index (κ1) is 19.7. The van der Waals surface area contributed by atoms with Crippen LogP contribution >= 0.6 is 0 Å². The van der Waals surface area contributed by atoms with Gasteiger partial charge in [0, 0.05) is 16.9 Å². The Morgan fingerprint density at radius 2 is 1.37 bits per heavy atom. The number of hydrogen-bond donors (Lipinski definition) is 0. The number of nitrogens with zero attached hydrogens (tertiary/aromatic N) is 1. The fourth-order valence-corrected chi connectivity index (χ4v) is 5.27. The molecule has 4 nitrogen and oxygen atoms in total. The fourth-order valence-electron chi connectivity index (χ4n) is 3.89.